The molecule has 7 nitrogen and oxygen atoms in total. The SMILES string of the molecule is O=C(OCC(=O)N(c1ccccc1)C1C=CS(=O)(=O)C1)c1c2c(nc3ccccc13)CCCC2. The second-order valence-corrected chi connectivity index (χ2v) is 10.5. The van der Waals surface area contributed by atoms with Crippen LogP contribution in [0.2, 0.25) is 0 Å². The van der Waals surface area contributed by atoms with E-state index in [2.05, 4.69) is 0 Å². The van der Waals surface area contributed by atoms with E-state index in [0.717, 1.165) is 47.9 Å². The molecule has 1 amide bonds. The molecule has 1 aliphatic carbocycles. The topological polar surface area (TPSA) is 93.6 Å². The minimum absolute atomic E-state index is 0.204. The Bertz CT molecular complexity index is 1400. The van der Waals surface area contributed by atoms with Crippen LogP contribution in [0.4, 0.5) is 5.69 Å². The Morgan fingerprint density at radius 2 is 1.74 bits per heavy atom. The average molecular weight is 477 g/mol. The zero-order chi connectivity index (χ0) is 23.7. The number of carbonyl (C=O) groups is 2. The summed E-state index contributed by atoms with van der Waals surface area (Å²) in [6.45, 7) is -0.496. The maximum Gasteiger partial charge on any atom is 0.339 e. The summed E-state index contributed by atoms with van der Waals surface area (Å²) in [6.07, 6.45) is 5.04. The lowest BCUT2D eigenvalue weighted by molar-refractivity contribution is -0.121. The summed E-state index contributed by atoms with van der Waals surface area (Å²) >= 11 is 0. The van der Waals surface area contributed by atoms with Gasteiger partial charge < -0.3 is 9.64 Å². The van der Waals surface area contributed by atoms with Gasteiger partial charge in [0, 0.05) is 22.2 Å². The van der Waals surface area contributed by atoms with Crippen LogP contribution in [-0.4, -0.2) is 43.7 Å². The molecule has 174 valence electrons. The molecule has 0 saturated carbocycles. The molecule has 0 bridgehead atoms. The van der Waals surface area contributed by atoms with Crippen molar-refractivity contribution in [2.45, 2.75) is 31.7 Å². The molecule has 2 aliphatic rings. The molecule has 0 saturated heterocycles. The van der Waals surface area contributed by atoms with Gasteiger partial charge in [0.15, 0.2) is 16.4 Å². The fourth-order valence-corrected chi connectivity index (χ4v) is 5.97. The largest absolute Gasteiger partial charge is 0.452 e. The van der Waals surface area contributed by atoms with Gasteiger partial charge in [-0.05, 0) is 55.5 Å². The molecule has 3 aromatic rings. The zero-order valence-corrected chi connectivity index (χ0v) is 19.3. The molecule has 0 spiro atoms. The number of aryl methyl sites for hydroxylation is 1. The predicted molar refractivity (Wildman–Crippen MR) is 129 cm³/mol. The maximum absolute atomic E-state index is 13.3. The Balaban J connectivity index is 1.42. The number of hydrogen-bond donors (Lipinski definition) is 0. The summed E-state index contributed by atoms with van der Waals surface area (Å²) in [5, 5.41) is 1.84. The molecule has 1 atom stereocenters. The Morgan fingerprint density at radius 1 is 1.00 bits per heavy atom. The number of amides is 1. The lowest BCUT2D eigenvalue weighted by atomic mass is 9.90. The van der Waals surface area contributed by atoms with Crippen LogP contribution in [0.1, 0.15) is 34.5 Å². The van der Waals surface area contributed by atoms with Gasteiger partial charge in [-0.2, -0.15) is 0 Å². The predicted octanol–water partition coefficient (Wildman–Crippen LogP) is 3.61. The number of para-hydroxylation sites is 2. The first kappa shape index (κ1) is 22.3. The third-order valence-corrected chi connectivity index (χ3v) is 7.62. The Morgan fingerprint density at radius 3 is 2.50 bits per heavy atom. The highest BCUT2D eigenvalue weighted by Gasteiger charge is 2.32. The standard InChI is InChI=1S/C26H24N2O5S/c29-24(28(18-8-2-1-3-9-18)19-14-15-34(31,32)17-19)16-33-26(30)25-20-10-4-6-12-22(20)27-23-13-7-5-11-21(23)25/h1-4,6,8-10,12,14-15,19H,5,7,11,13,16-17H2. The van der Waals surface area contributed by atoms with Crippen LogP contribution in [0, 0.1) is 0 Å². The van der Waals surface area contributed by atoms with Gasteiger partial charge in [0.1, 0.15) is 0 Å². The van der Waals surface area contributed by atoms with Gasteiger partial charge in [0.25, 0.3) is 5.91 Å². The van der Waals surface area contributed by atoms with Crippen LogP contribution < -0.4 is 4.90 Å². The number of hydrogen-bond acceptors (Lipinski definition) is 6. The number of rotatable bonds is 5. The smallest absolute Gasteiger partial charge is 0.339 e. The van der Waals surface area contributed by atoms with Crippen LogP contribution in [0.25, 0.3) is 10.9 Å². The number of pyridine rings is 1. The molecular formula is C26H24N2O5S. The van der Waals surface area contributed by atoms with E-state index in [9.17, 15) is 18.0 Å². The van der Waals surface area contributed by atoms with Gasteiger partial charge in [-0.25, -0.2) is 13.2 Å². The number of sulfone groups is 1. The van der Waals surface area contributed by atoms with E-state index in [-0.39, 0.29) is 5.75 Å². The van der Waals surface area contributed by atoms with Crippen molar-refractivity contribution < 1.29 is 22.7 Å². The monoisotopic (exact) mass is 476 g/mol. The van der Waals surface area contributed by atoms with Gasteiger partial charge in [0.05, 0.1) is 22.9 Å². The van der Waals surface area contributed by atoms with Crippen molar-refractivity contribution in [3.63, 3.8) is 0 Å². The summed E-state index contributed by atoms with van der Waals surface area (Å²) in [5.74, 6) is -1.25. The molecule has 1 aromatic heterocycles. The lowest BCUT2D eigenvalue weighted by Gasteiger charge is -2.27. The second-order valence-electron chi connectivity index (χ2n) is 8.54. The number of ether oxygens (including phenoxy) is 1. The number of fused-ring (bicyclic) bond motifs is 2. The first-order chi connectivity index (χ1) is 16.4. The quantitative estimate of drug-likeness (QED) is 0.522. The summed E-state index contributed by atoms with van der Waals surface area (Å²) in [6, 6.07) is 15.6. The molecule has 2 heterocycles. The van der Waals surface area contributed by atoms with Crippen molar-refractivity contribution in [2.75, 3.05) is 17.3 Å². The first-order valence-electron chi connectivity index (χ1n) is 11.3. The van der Waals surface area contributed by atoms with Crippen molar-refractivity contribution >= 4 is 38.3 Å². The number of benzene rings is 2. The Kier molecular flexibility index (Phi) is 5.91. The Hall–Kier alpha value is -3.52. The molecule has 5 rings (SSSR count). The number of carbonyl (C=O) groups excluding carboxylic acids is 2. The molecule has 1 aliphatic heterocycles. The molecule has 0 radical (unpaired) electrons. The van der Waals surface area contributed by atoms with Gasteiger partial charge in [-0.15, -0.1) is 0 Å². The van der Waals surface area contributed by atoms with E-state index in [1.165, 1.54) is 11.0 Å². The molecule has 0 fully saturated rings. The van der Waals surface area contributed by atoms with E-state index >= 15 is 0 Å². The average Bonchev–Trinajstić information content (AvgIpc) is 3.20. The first-order valence-corrected chi connectivity index (χ1v) is 13.0. The minimum atomic E-state index is -3.38. The summed E-state index contributed by atoms with van der Waals surface area (Å²) in [7, 11) is -3.38. The van der Waals surface area contributed by atoms with E-state index in [4.69, 9.17) is 9.72 Å². The van der Waals surface area contributed by atoms with Gasteiger partial charge >= 0.3 is 5.97 Å². The fourth-order valence-electron chi connectivity index (χ4n) is 4.70. The van der Waals surface area contributed by atoms with Crippen LogP contribution in [0.5, 0.6) is 0 Å². The fraction of sp³-hybridized carbons (Fsp3) is 0.269. The molecule has 0 N–H and O–H groups in total. The van der Waals surface area contributed by atoms with Crippen molar-refractivity contribution in [1.29, 1.82) is 0 Å². The maximum atomic E-state index is 13.3. The highest BCUT2D eigenvalue weighted by Crippen LogP contribution is 2.30. The molecular weight excluding hydrogens is 452 g/mol. The Labute approximate surface area is 198 Å². The van der Waals surface area contributed by atoms with Gasteiger partial charge in [-0.3, -0.25) is 9.78 Å². The molecule has 1 unspecified atom stereocenters. The van der Waals surface area contributed by atoms with Crippen LogP contribution in [0.15, 0.2) is 66.1 Å². The minimum Gasteiger partial charge on any atom is -0.452 e. The van der Waals surface area contributed by atoms with Crippen molar-refractivity contribution in [1.82, 2.24) is 4.98 Å². The zero-order valence-electron chi connectivity index (χ0n) is 18.5. The van der Waals surface area contributed by atoms with Crippen molar-refractivity contribution in [3.8, 4) is 0 Å². The summed E-state index contributed by atoms with van der Waals surface area (Å²) < 4.78 is 29.5. The third kappa shape index (κ3) is 4.33. The number of aromatic nitrogens is 1. The number of nitrogens with zero attached hydrogens (tertiary/aromatic N) is 2. The number of esters is 1. The third-order valence-electron chi connectivity index (χ3n) is 6.25. The van der Waals surface area contributed by atoms with E-state index in [0.29, 0.717) is 16.6 Å². The lowest BCUT2D eigenvalue weighted by Crippen LogP contribution is -2.43. The molecule has 2 aromatic carbocycles. The van der Waals surface area contributed by atoms with Crippen LogP contribution in [0.3, 0.4) is 0 Å². The summed E-state index contributed by atoms with van der Waals surface area (Å²) in [4.78, 5) is 32.6. The van der Waals surface area contributed by atoms with E-state index < -0.39 is 34.4 Å². The van der Waals surface area contributed by atoms with Gasteiger partial charge in [0.2, 0.25) is 0 Å². The van der Waals surface area contributed by atoms with Crippen LogP contribution >= 0.6 is 0 Å². The molecule has 8 heteroatoms. The second kappa shape index (κ2) is 9.02. The normalized spacial score (nSPS) is 18.4. The molecule has 34 heavy (non-hydrogen) atoms. The summed E-state index contributed by atoms with van der Waals surface area (Å²) in [5.41, 5.74) is 3.56. The highest BCUT2D eigenvalue weighted by atomic mass is 32.2. The van der Waals surface area contributed by atoms with E-state index in [1.54, 1.807) is 24.3 Å². The number of anilines is 1. The van der Waals surface area contributed by atoms with Crippen molar-refractivity contribution in [2.24, 2.45) is 0 Å². The van der Waals surface area contributed by atoms with Crippen molar-refractivity contribution in [3.05, 3.63) is 82.9 Å². The highest BCUT2D eigenvalue weighted by molar-refractivity contribution is 7.94. The van der Waals surface area contributed by atoms with Gasteiger partial charge in [-0.1, -0.05) is 36.4 Å². The van der Waals surface area contributed by atoms with Crippen LogP contribution in [-0.2, 0) is 32.2 Å². The van der Waals surface area contributed by atoms with E-state index in [1.807, 2.05) is 30.3 Å².